The van der Waals surface area contributed by atoms with E-state index in [1.807, 2.05) is 56.3 Å². The van der Waals surface area contributed by atoms with E-state index in [0.717, 1.165) is 10.0 Å². The molecule has 1 N–H and O–H groups in total. The van der Waals surface area contributed by atoms with Crippen LogP contribution in [0.2, 0.25) is 5.02 Å². The normalized spacial score (nSPS) is 11.9. The number of halogens is 2. The van der Waals surface area contributed by atoms with Gasteiger partial charge in [-0.1, -0.05) is 51.3 Å². The number of amides is 2. The average molecular weight is 526 g/mol. The average Bonchev–Trinajstić information content (AvgIpc) is 2.78. The molecule has 168 valence electrons. The van der Waals surface area contributed by atoms with Crippen LogP contribution in [0, 0.1) is 6.92 Å². The topological polar surface area (TPSA) is 67.2 Å². The number of hydrogen-bond acceptors (Lipinski definition) is 3. The standard InChI is InChI=1S/C25H22BrClN4O2/c1-15-7-10-20(11-8-15)31-23(29-22-14-18(27)9-12-21(22)24(31)32)16(2)30(3)25(33)28-19-6-4-5-17(26)13-19/h4-14,16H,1-3H3,(H,28,33). The fraction of sp³-hybridized carbons (Fsp3) is 0.160. The van der Waals surface area contributed by atoms with Gasteiger partial charge in [0.1, 0.15) is 5.82 Å². The van der Waals surface area contributed by atoms with Gasteiger partial charge in [0, 0.05) is 22.2 Å². The molecule has 3 aromatic carbocycles. The van der Waals surface area contributed by atoms with Crippen molar-refractivity contribution in [3.63, 3.8) is 0 Å². The van der Waals surface area contributed by atoms with Crippen molar-refractivity contribution in [1.29, 1.82) is 0 Å². The second-order valence-corrected chi connectivity index (χ2v) is 9.19. The molecule has 4 aromatic rings. The van der Waals surface area contributed by atoms with Gasteiger partial charge in [-0.05, 0) is 62.4 Å². The van der Waals surface area contributed by atoms with Gasteiger partial charge in [-0.2, -0.15) is 0 Å². The molecule has 1 aromatic heterocycles. The summed E-state index contributed by atoms with van der Waals surface area (Å²) in [5.74, 6) is 0.436. The van der Waals surface area contributed by atoms with Crippen molar-refractivity contribution < 1.29 is 4.79 Å². The second kappa shape index (κ2) is 9.37. The third-order valence-electron chi connectivity index (χ3n) is 5.50. The van der Waals surface area contributed by atoms with Gasteiger partial charge < -0.3 is 10.2 Å². The quantitative estimate of drug-likeness (QED) is 0.338. The number of benzene rings is 3. The molecule has 8 heteroatoms. The summed E-state index contributed by atoms with van der Waals surface area (Å²) in [5.41, 5.74) is 2.68. The third kappa shape index (κ3) is 4.79. The van der Waals surface area contributed by atoms with Gasteiger partial charge in [0.2, 0.25) is 0 Å². The number of carbonyl (C=O) groups is 1. The first-order chi connectivity index (χ1) is 15.7. The molecule has 0 aliphatic rings. The van der Waals surface area contributed by atoms with Crippen molar-refractivity contribution in [2.45, 2.75) is 19.9 Å². The zero-order valence-corrected chi connectivity index (χ0v) is 20.7. The van der Waals surface area contributed by atoms with Crippen molar-refractivity contribution in [1.82, 2.24) is 14.5 Å². The molecule has 0 saturated carbocycles. The Balaban J connectivity index is 1.80. The summed E-state index contributed by atoms with van der Waals surface area (Å²) in [7, 11) is 1.67. The molecule has 0 fully saturated rings. The summed E-state index contributed by atoms with van der Waals surface area (Å²) in [6, 6.07) is 19.1. The Bertz CT molecular complexity index is 1400. The number of aryl methyl sites for hydroxylation is 1. The maximum atomic E-state index is 13.5. The largest absolute Gasteiger partial charge is 0.322 e. The summed E-state index contributed by atoms with van der Waals surface area (Å²) < 4.78 is 2.42. The molecular weight excluding hydrogens is 504 g/mol. The van der Waals surface area contributed by atoms with Crippen LogP contribution in [-0.4, -0.2) is 27.5 Å². The van der Waals surface area contributed by atoms with E-state index >= 15 is 0 Å². The van der Waals surface area contributed by atoms with Crippen LogP contribution in [0.3, 0.4) is 0 Å². The minimum absolute atomic E-state index is 0.219. The molecule has 0 aliphatic heterocycles. The lowest BCUT2D eigenvalue weighted by Gasteiger charge is -2.27. The Labute approximate surface area is 205 Å². The molecule has 0 saturated heterocycles. The molecule has 0 spiro atoms. The maximum Gasteiger partial charge on any atom is 0.322 e. The highest BCUT2D eigenvalue weighted by molar-refractivity contribution is 9.10. The second-order valence-electron chi connectivity index (χ2n) is 7.83. The predicted octanol–water partition coefficient (Wildman–Crippen LogP) is 6.33. The first-order valence-corrected chi connectivity index (χ1v) is 11.5. The number of urea groups is 1. The Hall–Kier alpha value is -3.16. The predicted molar refractivity (Wildman–Crippen MR) is 136 cm³/mol. The number of nitrogens with zero attached hydrogens (tertiary/aromatic N) is 3. The van der Waals surface area contributed by atoms with E-state index in [0.29, 0.717) is 33.1 Å². The van der Waals surface area contributed by atoms with Gasteiger partial charge in [0.05, 0.1) is 22.6 Å². The maximum absolute atomic E-state index is 13.5. The molecule has 0 aliphatic carbocycles. The minimum Gasteiger partial charge on any atom is -0.318 e. The first kappa shape index (κ1) is 23.0. The number of carbonyl (C=O) groups excluding carboxylic acids is 1. The number of anilines is 1. The van der Waals surface area contributed by atoms with Crippen LogP contribution in [0.15, 0.2) is 76.0 Å². The van der Waals surface area contributed by atoms with Crippen LogP contribution in [-0.2, 0) is 0 Å². The molecule has 0 radical (unpaired) electrons. The highest BCUT2D eigenvalue weighted by Crippen LogP contribution is 2.24. The smallest absolute Gasteiger partial charge is 0.318 e. The first-order valence-electron chi connectivity index (χ1n) is 10.3. The van der Waals surface area contributed by atoms with E-state index in [1.54, 1.807) is 35.9 Å². The molecule has 1 heterocycles. The van der Waals surface area contributed by atoms with E-state index in [-0.39, 0.29) is 11.6 Å². The molecule has 0 bridgehead atoms. The summed E-state index contributed by atoms with van der Waals surface area (Å²) in [6.07, 6.45) is 0. The number of rotatable bonds is 4. The van der Waals surface area contributed by atoms with Gasteiger partial charge in [-0.15, -0.1) is 0 Å². The van der Waals surface area contributed by atoms with Crippen molar-refractivity contribution >= 4 is 50.2 Å². The van der Waals surface area contributed by atoms with E-state index in [4.69, 9.17) is 16.6 Å². The number of aromatic nitrogens is 2. The van der Waals surface area contributed by atoms with Crippen LogP contribution in [0.4, 0.5) is 10.5 Å². The molecule has 1 atom stereocenters. The molecule has 6 nitrogen and oxygen atoms in total. The van der Waals surface area contributed by atoms with E-state index in [2.05, 4.69) is 21.2 Å². The van der Waals surface area contributed by atoms with Crippen LogP contribution in [0.1, 0.15) is 24.4 Å². The lowest BCUT2D eigenvalue weighted by Crippen LogP contribution is -2.37. The highest BCUT2D eigenvalue weighted by Gasteiger charge is 2.24. The van der Waals surface area contributed by atoms with Crippen molar-refractivity contribution in [2.75, 3.05) is 12.4 Å². The molecule has 4 rings (SSSR count). The van der Waals surface area contributed by atoms with Gasteiger partial charge in [0.25, 0.3) is 5.56 Å². The van der Waals surface area contributed by atoms with Crippen molar-refractivity contribution in [3.05, 3.63) is 98.0 Å². The van der Waals surface area contributed by atoms with E-state index in [1.165, 1.54) is 4.90 Å². The number of hydrogen-bond donors (Lipinski definition) is 1. The minimum atomic E-state index is -0.519. The lowest BCUT2D eigenvalue weighted by molar-refractivity contribution is 0.205. The van der Waals surface area contributed by atoms with Crippen LogP contribution in [0.25, 0.3) is 16.6 Å². The highest BCUT2D eigenvalue weighted by atomic mass is 79.9. The van der Waals surface area contributed by atoms with Crippen LogP contribution < -0.4 is 10.9 Å². The van der Waals surface area contributed by atoms with Gasteiger partial charge >= 0.3 is 6.03 Å². The van der Waals surface area contributed by atoms with Crippen molar-refractivity contribution in [2.24, 2.45) is 0 Å². The molecular formula is C25H22BrClN4O2. The zero-order chi connectivity index (χ0) is 23.7. The van der Waals surface area contributed by atoms with Crippen LogP contribution in [0.5, 0.6) is 0 Å². The third-order valence-corrected chi connectivity index (χ3v) is 6.23. The summed E-state index contributed by atoms with van der Waals surface area (Å²) in [6.45, 7) is 3.82. The van der Waals surface area contributed by atoms with E-state index < -0.39 is 6.04 Å². The molecule has 33 heavy (non-hydrogen) atoms. The Morgan fingerprint density at radius 1 is 1.12 bits per heavy atom. The monoisotopic (exact) mass is 524 g/mol. The summed E-state index contributed by atoms with van der Waals surface area (Å²) in [5, 5.41) is 3.83. The lowest BCUT2D eigenvalue weighted by atomic mass is 10.1. The Morgan fingerprint density at radius 2 is 1.85 bits per heavy atom. The van der Waals surface area contributed by atoms with E-state index in [9.17, 15) is 9.59 Å². The van der Waals surface area contributed by atoms with Crippen LogP contribution >= 0.6 is 27.5 Å². The van der Waals surface area contributed by atoms with Gasteiger partial charge in [0.15, 0.2) is 0 Å². The van der Waals surface area contributed by atoms with Crippen molar-refractivity contribution in [3.8, 4) is 5.69 Å². The number of fused-ring (bicyclic) bond motifs is 1. The van der Waals surface area contributed by atoms with Gasteiger partial charge in [-0.25, -0.2) is 9.78 Å². The SMILES string of the molecule is Cc1ccc(-n2c(C(C)N(C)C(=O)Nc3cccc(Br)c3)nc3cc(Cl)ccc3c2=O)cc1. The fourth-order valence-electron chi connectivity index (χ4n) is 3.53. The zero-order valence-electron chi connectivity index (χ0n) is 18.3. The molecule has 2 amide bonds. The Morgan fingerprint density at radius 3 is 2.55 bits per heavy atom. The summed E-state index contributed by atoms with van der Waals surface area (Å²) >= 11 is 9.57. The number of nitrogens with one attached hydrogen (secondary N) is 1. The summed E-state index contributed by atoms with van der Waals surface area (Å²) in [4.78, 5) is 32.8. The fourth-order valence-corrected chi connectivity index (χ4v) is 4.09. The Kier molecular flexibility index (Phi) is 6.54. The van der Waals surface area contributed by atoms with Gasteiger partial charge in [-0.3, -0.25) is 9.36 Å². The molecule has 1 unspecified atom stereocenters.